The average molecular weight is 519 g/mol. The molecule has 5 heteroatoms. The molecule has 0 bridgehead atoms. The van der Waals surface area contributed by atoms with E-state index in [4.69, 9.17) is 9.47 Å². The summed E-state index contributed by atoms with van der Waals surface area (Å²) in [5, 5.41) is 0. The van der Waals surface area contributed by atoms with Gasteiger partial charge in [0.05, 0.1) is 12.7 Å². The molecule has 2 aromatic rings. The lowest BCUT2D eigenvalue weighted by Crippen LogP contribution is -2.68. The molecule has 1 saturated heterocycles. The maximum atomic E-state index is 13.3. The van der Waals surface area contributed by atoms with Gasteiger partial charge in [0.15, 0.2) is 0 Å². The number of hydrogen-bond donors (Lipinski definition) is 0. The first-order valence-electron chi connectivity index (χ1n) is 14.3. The number of piperidine rings is 1. The van der Waals surface area contributed by atoms with Gasteiger partial charge in [0.2, 0.25) is 5.91 Å². The van der Waals surface area contributed by atoms with E-state index in [0.717, 1.165) is 76.8 Å². The van der Waals surface area contributed by atoms with E-state index in [0.29, 0.717) is 6.42 Å². The van der Waals surface area contributed by atoms with E-state index in [2.05, 4.69) is 64.9 Å². The zero-order chi connectivity index (χ0) is 27.0. The van der Waals surface area contributed by atoms with Crippen LogP contribution in [0, 0.1) is 0 Å². The minimum Gasteiger partial charge on any atom is -0.497 e. The molecule has 38 heavy (non-hydrogen) atoms. The Morgan fingerprint density at radius 2 is 1.92 bits per heavy atom. The summed E-state index contributed by atoms with van der Waals surface area (Å²) in [5.74, 6) is 1.14. The third kappa shape index (κ3) is 6.00. The van der Waals surface area contributed by atoms with Crippen molar-refractivity contribution in [2.75, 3.05) is 40.9 Å². The molecule has 1 aliphatic carbocycles. The number of carbonyl (C=O) groups excluding carboxylic acids is 1. The fourth-order valence-electron chi connectivity index (χ4n) is 6.96. The standard InChI is InChI=1S/C33H46N2O3/c1-5-22-35-23-21-32(28-16-12-17-30(24-28)37-3)25-29(19-20-33(32,26-35)38-4)34(2)31(36)18-11-7-10-15-27-13-8-6-9-14-27/h5-6,8-9,12-14,16-17,24,29H,1,7,10-11,15,18-23,25-26H2,2-4H3/t29-,32+,33+/m1/s1. The van der Waals surface area contributed by atoms with Gasteiger partial charge in [-0.1, -0.05) is 55.0 Å². The number of fused-ring (bicyclic) bond motifs is 1. The molecular formula is C33H46N2O3. The summed E-state index contributed by atoms with van der Waals surface area (Å²) in [6, 6.07) is 19.3. The Hall–Kier alpha value is -2.63. The van der Waals surface area contributed by atoms with Crippen molar-refractivity contribution >= 4 is 5.91 Å². The summed E-state index contributed by atoms with van der Waals surface area (Å²) in [4.78, 5) is 17.8. The van der Waals surface area contributed by atoms with E-state index in [1.54, 1.807) is 7.11 Å². The van der Waals surface area contributed by atoms with Crippen LogP contribution >= 0.6 is 0 Å². The third-order valence-corrected chi connectivity index (χ3v) is 9.21. The smallest absolute Gasteiger partial charge is 0.222 e. The highest BCUT2D eigenvalue weighted by Crippen LogP contribution is 2.54. The van der Waals surface area contributed by atoms with E-state index in [1.807, 2.05) is 26.3 Å². The second-order valence-corrected chi connectivity index (χ2v) is 11.2. The molecule has 0 unspecified atom stereocenters. The van der Waals surface area contributed by atoms with Gasteiger partial charge in [0.25, 0.3) is 0 Å². The summed E-state index contributed by atoms with van der Waals surface area (Å²) in [6.45, 7) is 6.69. The Kier molecular flexibility index (Phi) is 9.67. The molecule has 0 radical (unpaired) electrons. The normalized spacial score (nSPS) is 25.4. The van der Waals surface area contributed by atoms with Gasteiger partial charge < -0.3 is 14.4 Å². The topological polar surface area (TPSA) is 42.0 Å². The van der Waals surface area contributed by atoms with Crippen molar-refractivity contribution in [3.8, 4) is 5.75 Å². The molecule has 0 N–H and O–H groups in total. The van der Waals surface area contributed by atoms with Gasteiger partial charge in [-0.25, -0.2) is 0 Å². The number of methoxy groups -OCH3 is 2. The number of carbonyl (C=O) groups is 1. The van der Waals surface area contributed by atoms with Crippen LogP contribution in [-0.4, -0.2) is 68.3 Å². The Labute approximate surface area is 229 Å². The van der Waals surface area contributed by atoms with Crippen LogP contribution in [0.25, 0.3) is 0 Å². The van der Waals surface area contributed by atoms with Crippen molar-refractivity contribution in [2.24, 2.45) is 0 Å². The molecule has 2 fully saturated rings. The lowest BCUT2D eigenvalue weighted by molar-refractivity contribution is -0.159. The quantitative estimate of drug-likeness (QED) is 0.254. The van der Waals surface area contributed by atoms with Gasteiger partial charge in [-0.05, 0) is 74.8 Å². The number of unbranched alkanes of at least 4 members (excludes halogenated alkanes) is 2. The number of rotatable bonds is 12. The minimum atomic E-state index is -0.307. The molecule has 1 amide bonds. The average Bonchev–Trinajstić information content (AvgIpc) is 2.96. The second kappa shape index (κ2) is 12.9. The van der Waals surface area contributed by atoms with Crippen molar-refractivity contribution in [2.45, 2.75) is 74.8 Å². The molecule has 5 nitrogen and oxygen atoms in total. The number of amides is 1. The highest BCUT2D eigenvalue weighted by molar-refractivity contribution is 5.76. The summed E-state index contributed by atoms with van der Waals surface area (Å²) < 4.78 is 12.1. The molecule has 0 aromatic heterocycles. The summed E-state index contributed by atoms with van der Waals surface area (Å²) in [7, 11) is 5.61. The molecule has 206 valence electrons. The zero-order valence-corrected chi connectivity index (χ0v) is 23.7. The van der Waals surface area contributed by atoms with Crippen LogP contribution in [0.3, 0.4) is 0 Å². The largest absolute Gasteiger partial charge is 0.497 e. The molecule has 1 aliphatic heterocycles. The molecule has 1 saturated carbocycles. The van der Waals surface area contributed by atoms with Gasteiger partial charge in [-0.15, -0.1) is 6.58 Å². The van der Waals surface area contributed by atoms with Crippen LogP contribution in [0.4, 0.5) is 0 Å². The summed E-state index contributed by atoms with van der Waals surface area (Å²) >= 11 is 0. The summed E-state index contributed by atoms with van der Waals surface area (Å²) in [5.41, 5.74) is 2.16. The van der Waals surface area contributed by atoms with Crippen molar-refractivity contribution in [3.05, 3.63) is 78.4 Å². The minimum absolute atomic E-state index is 0.179. The molecule has 1 heterocycles. The molecule has 4 rings (SSSR count). The third-order valence-electron chi connectivity index (χ3n) is 9.21. The van der Waals surface area contributed by atoms with Crippen LogP contribution in [0.15, 0.2) is 67.3 Å². The molecule has 2 aromatic carbocycles. The van der Waals surface area contributed by atoms with Crippen LogP contribution in [0.2, 0.25) is 0 Å². The molecular weight excluding hydrogens is 472 g/mol. The Balaban J connectivity index is 1.46. The number of hydrogen-bond acceptors (Lipinski definition) is 4. The van der Waals surface area contributed by atoms with Gasteiger partial charge in [0, 0.05) is 45.1 Å². The number of aryl methyl sites for hydroxylation is 1. The van der Waals surface area contributed by atoms with Crippen LogP contribution in [0.5, 0.6) is 5.75 Å². The van der Waals surface area contributed by atoms with E-state index in [9.17, 15) is 4.79 Å². The van der Waals surface area contributed by atoms with E-state index in [1.165, 1.54) is 11.1 Å². The predicted molar refractivity (Wildman–Crippen MR) is 155 cm³/mol. The maximum absolute atomic E-state index is 13.3. The van der Waals surface area contributed by atoms with Gasteiger partial charge in [0.1, 0.15) is 5.75 Å². The second-order valence-electron chi connectivity index (χ2n) is 11.2. The van der Waals surface area contributed by atoms with Crippen molar-refractivity contribution in [1.29, 1.82) is 0 Å². The van der Waals surface area contributed by atoms with E-state index in [-0.39, 0.29) is 23.0 Å². The fourth-order valence-corrected chi connectivity index (χ4v) is 6.96. The maximum Gasteiger partial charge on any atom is 0.222 e. The number of ether oxygens (including phenoxy) is 2. The number of benzene rings is 2. The Morgan fingerprint density at radius 3 is 2.66 bits per heavy atom. The summed E-state index contributed by atoms with van der Waals surface area (Å²) in [6.07, 6.45) is 10.6. The lowest BCUT2D eigenvalue weighted by atomic mass is 9.55. The SMILES string of the molecule is C=CCN1CC[C@@]2(c3cccc(OC)c3)C[C@H](N(C)C(=O)CCCCCc3ccccc3)CC[C@]2(OC)C1. The van der Waals surface area contributed by atoms with Crippen molar-refractivity contribution in [3.63, 3.8) is 0 Å². The van der Waals surface area contributed by atoms with Crippen molar-refractivity contribution in [1.82, 2.24) is 9.80 Å². The van der Waals surface area contributed by atoms with Gasteiger partial charge >= 0.3 is 0 Å². The predicted octanol–water partition coefficient (Wildman–Crippen LogP) is 6.02. The fraction of sp³-hybridized carbons (Fsp3) is 0.545. The monoisotopic (exact) mass is 518 g/mol. The van der Waals surface area contributed by atoms with Crippen LogP contribution < -0.4 is 4.74 Å². The number of nitrogens with zero attached hydrogens (tertiary/aromatic N) is 2. The first-order chi connectivity index (χ1) is 18.5. The van der Waals surface area contributed by atoms with Gasteiger partial charge in [-0.3, -0.25) is 9.69 Å². The highest BCUT2D eigenvalue weighted by atomic mass is 16.5. The first kappa shape index (κ1) is 28.4. The first-order valence-corrected chi connectivity index (χ1v) is 14.3. The van der Waals surface area contributed by atoms with Crippen LogP contribution in [0.1, 0.15) is 62.5 Å². The Morgan fingerprint density at radius 1 is 1.11 bits per heavy atom. The lowest BCUT2D eigenvalue weighted by Gasteiger charge is -2.60. The zero-order valence-electron chi connectivity index (χ0n) is 23.7. The van der Waals surface area contributed by atoms with Crippen molar-refractivity contribution < 1.29 is 14.3 Å². The number of likely N-dealkylation sites (tertiary alicyclic amines) is 1. The van der Waals surface area contributed by atoms with Crippen LogP contribution in [-0.2, 0) is 21.4 Å². The molecule has 2 aliphatic rings. The Bertz CT molecular complexity index is 1060. The highest BCUT2D eigenvalue weighted by Gasteiger charge is 2.59. The molecule has 3 atom stereocenters. The molecule has 0 spiro atoms. The van der Waals surface area contributed by atoms with Gasteiger partial charge in [-0.2, -0.15) is 0 Å². The van der Waals surface area contributed by atoms with E-state index >= 15 is 0 Å². The van der Waals surface area contributed by atoms with E-state index < -0.39 is 0 Å².